The van der Waals surface area contributed by atoms with Crippen molar-refractivity contribution in [2.45, 2.75) is 19.0 Å². The molecule has 160 valence electrons. The van der Waals surface area contributed by atoms with Gasteiger partial charge in [-0.1, -0.05) is 36.4 Å². The third-order valence-corrected chi connectivity index (χ3v) is 5.11. The molecule has 2 heterocycles. The molecule has 0 bridgehead atoms. The number of hydrogen-bond donors (Lipinski definition) is 2. The van der Waals surface area contributed by atoms with Crippen molar-refractivity contribution in [2.75, 3.05) is 25.0 Å². The van der Waals surface area contributed by atoms with Gasteiger partial charge in [0.1, 0.15) is 12.4 Å². The fourth-order valence-electron chi connectivity index (χ4n) is 3.59. The van der Waals surface area contributed by atoms with Gasteiger partial charge in [0.15, 0.2) is 0 Å². The molecule has 2 N–H and O–H groups in total. The SMILES string of the molecule is O=C1CC(c2ccccc2)N(C(=O)Nc2cccc(OCCn3cccn3)c2)CCN1. The van der Waals surface area contributed by atoms with Crippen LogP contribution in [0.1, 0.15) is 18.0 Å². The van der Waals surface area contributed by atoms with Crippen LogP contribution in [0.3, 0.4) is 0 Å². The van der Waals surface area contributed by atoms with E-state index in [9.17, 15) is 9.59 Å². The Kier molecular flexibility index (Phi) is 6.47. The van der Waals surface area contributed by atoms with Crippen LogP contribution >= 0.6 is 0 Å². The van der Waals surface area contributed by atoms with Gasteiger partial charge in [-0.05, 0) is 23.8 Å². The highest BCUT2D eigenvalue weighted by atomic mass is 16.5. The van der Waals surface area contributed by atoms with Crippen LogP contribution in [0.2, 0.25) is 0 Å². The molecule has 1 aliphatic heterocycles. The first kappa shape index (κ1) is 20.5. The Labute approximate surface area is 180 Å². The minimum Gasteiger partial charge on any atom is -0.492 e. The second-order valence-corrected chi connectivity index (χ2v) is 7.25. The van der Waals surface area contributed by atoms with Crippen molar-refractivity contribution in [3.8, 4) is 5.75 Å². The average molecular weight is 419 g/mol. The first-order chi connectivity index (χ1) is 15.2. The molecule has 0 spiro atoms. The van der Waals surface area contributed by atoms with Gasteiger partial charge in [0.2, 0.25) is 5.91 Å². The lowest BCUT2D eigenvalue weighted by atomic mass is 10.0. The van der Waals surface area contributed by atoms with Crippen molar-refractivity contribution in [2.24, 2.45) is 0 Å². The number of benzene rings is 2. The molecule has 1 saturated heterocycles. The van der Waals surface area contributed by atoms with Gasteiger partial charge in [0, 0.05) is 37.2 Å². The van der Waals surface area contributed by atoms with Gasteiger partial charge in [-0.2, -0.15) is 5.10 Å². The maximum absolute atomic E-state index is 13.1. The highest BCUT2D eigenvalue weighted by molar-refractivity contribution is 5.90. The van der Waals surface area contributed by atoms with Gasteiger partial charge < -0.3 is 20.3 Å². The molecule has 8 nitrogen and oxygen atoms in total. The summed E-state index contributed by atoms with van der Waals surface area (Å²) in [5, 5.41) is 9.94. The number of ether oxygens (including phenoxy) is 1. The summed E-state index contributed by atoms with van der Waals surface area (Å²) in [7, 11) is 0. The second kappa shape index (κ2) is 9.80. The quantitative estimate of drug-likeness (QED) is 0.643. The minimum absolute atomic E-state index is 0.0586. The van der Waals surface area contributed by atoms with Crippen LogP contribution in [0.4, 0.5) is 10.5 Å². The Morgan fingerprint density at radius 1 is 1.16 bits per heavy atom. The molecule has 4 rings (SSSR count). The summed E-state index contributed by atoms with van der Waals surface area (Å²) in [5.74, 6) is 0.606. The highest BCUT2D eigenvalue weighted by Gasteiger charge is 2.29. The summed E-state index contributed by atoms with van der Waals surface area (Å²) in [6, 6.07) is 18.2. The van der Waals surface area contributed by atoms with E-state index in [2.05, 4.69) is 15.7 Å². The number of aromatic nitrogens is 2. The lowest BCUT2D eigenvalue weighted by Crippen LogP contribution is -2.39. The second-order valence-electron chi connectivity index (χ2n) is 7.25. The summed E-state index contributed by atoms with van der Waals surface area (Å²) in [5.41, 5.74) is 1.57. The molecular formula is C23H25N5O3. The van der Waals surface area contributed by atoms with Crippen molar-refractivity contribution < 1.29 is 14.3 Å². The summed E-state index contributed by atoms with van der Waals surface area (Å²) >= 11 is 0. The maximum Gasteiger partial charge on any atom is 0.322 e. The molecule has 31 heavy (non-hydrogen) atoms. The van der Waals surface area contributed by atoms with E-state index in [0.717, 1.165) is 5.56 Å². The van der Waals surface area contributed by atoms with Crippen LogP contribution in [0.25, 0.3) is 0 Å². The largest absolute Gasteiger partial charge is 0.492 e. The Morgan fingerprint density at radius 2 is 2.03 bits per heavy atom. The fraction of sp³-hybridized carbons (Fsp3) is 0.261. The molecule has 0 saturated carbocycles. The fourth-order valence-corrected chi connectivity index (χ4v) is 3.59. The van der Waals surface area contributed by atoms with E-state index >= 15 is 0 Å². The van der Waals surface area contributed by atoms with Crippen LogP contribution in [0.15, 0.2) is 73.1 Å². The zero-order valence-electron chi connectivity index (χ0n) is 17.1. The van der Waals surface area contributed by atoms with Crippen molar-refractivity contribution in [1.29, 1.82) is 0 Å². The molecule has 3 amide bonds. The summed E-state index contributed by atoms with van der Waals surface area (Å²) in [6.07, 6.45) is 3.84. The smallest absolute Gasteiger partial charge is 0.322 e. The maximum atomic E-state index is 13.1. The Bertz CT molecular complexity index is 1010. The van der Waals surface area contributed by atoms with Gasteiger partial charge in [0.25, 0.3) is 0 Å². The van der Waals surface area contributed by atoms with E-state index in [1.54, 1.807) is 21.8 Å². The van der Waals surface area contributed by atoms with E-state index in [-0.39, 0.29) is 24.4 Å². The Morgan fingerprint density at radius 3 is 2.84 bits per heavy atom. The predicted molar refractivity (Wildman–Crippen MR) is 117 cm³/mol. The zero-order chi connectivity index (χ0) is 21.5. The van der Waals surface area contributed by atoms with Crippen molar-refractivity contribution in [3.63, 3.8) is 0 Å². The third kappa shape index (κ3) is 5.42. The normalized spacial score (nSPS) is 16.3. The van der Waals surface area contributed by atoms with E-state index in [1.165, 1.54) is 0 Å². The molecule has 8 heteroatoms. The molecule has 0 radical (unpaired) electrons. The first-order valence-corrected chi connectivity index (χ1v) is 10.3. The standard InChI is InChI=1S/C23H25N5O3/c29-22-17-21(18-6-2-1-3-7-18)28(13-11-24-22)23(30)26-19-8-4-9-20(16-19)31-15-14-27-12-5-10-25-27/h1-10,12,16,21H,11,13-15,17H2,(H,24,29)(H,26,30). The number of carbonyl (C=O) groups excluding carboxylic acids is 2. The number of hydrogen-bond acceptors (Lipinski definition) is 4. The van der Waals surface area contributed by atoms with Crippen LogP contribution in [-0.2, 0) is 11.3 Å². The van der Waals surface area contributed by atoms with Crippen molar-refractivity contribution in [3.05, 3.63) is 78.6 Å². The molecule has 1 unspecified atom stereocenters. The van der Waals surface area contributed by atoms with Crippen LogP contribution in [0.5, 0.6) is 5.75 Å². The average Bonchev–Trinajstić information content (AvgIpc) is 3.22. The molecule has 1 fully saturated rings. The summed E-state index contributed by atoms with van der Waals surface area (Å²) in [4.78, 5) is 27.0. The Balaban J connectivity index is 1.42. The number of rotatable bonds is 6. The third-order valence-electron chi connectivity index (χ3n) is 5.11. The number of carbonyl (C=O) groups is 2. The van der Waals surface area contributed by atoms with Crippen LogP contribution < -0.4 is 15.4 Å². The highest BCUT2D eigenvalue weighted by Crippen LogP contribution is 2.27. The minimum atomic E-state index is -0.322. The lowest BCUT2D eigenvalue weighted by Gasteiger charge is -2.29. The number of nitrogens with one attached hydrogen (secondary N) is 2. The lowest BCUT2D eigenvalue weighted by molar-refractivity contribution is -0.121. The monoisotopic (exact) mass is 419 g/mol. The number of anilines is 1. The van der Waals surface area contributed by atoms with Crippen molar-refractivity contribution >= 4 is 17.6 Å². The molecule has 0 aliphatic carbocycles. The number of urea groups is 1. The zero-order valence-corrected chi connectivity index (χ0v) is 17.1. The Hall–Kier alpha value is -3.81. The molecule has 1 aromatic heterocycles. The first-order valence-electron chi connectivity index (χ1n) is 10.3. The molecule has 1 aliphatic rings. The van der Waals surface area contributed by atoms with Gasteiger partial charge in [-0.25, -0.2) is 4.79 Å². The van der Waals surface area contributed by atoms with Crippen LogP contribution in [-0.4, -0.2) is 46.3 Å². The summed E-state index contributed by atoms with van der Waals surface area (Å²) in [6.45, 7) is 1.95. The predicted octanol–water partition coefficient (Wildman–Crippen LogP) is 3.06. The van der Waals surface area contributed by atoms with Gasteiger partial charge in [-0.15, -0.1) is 0 Å². The van der Waals surface area contributed by atoms with Gasteiger partial charge in [-0.3, -0.25) is 9.48 Å². The van der Waals surface area contributed by atoms with E-state index < -0.39 is 0 Å². The molecule has 3 aromatic rings. The van der Waals surface area contributed by atoms with E-state index in [4.69, 9.17) is 4.74 Å². The van der Waals surface area contributed by atoms with Gasteiger partial charge >= 0.3 is 6.03 Å². The van der Waals surface area contributed by atoms with E-state index in [0.29, 0.717) is 37.7 Å². The van der Waals surface area contributed by atoms with Crippen LogP contribution in [0, 0.1) is 0 Å². The topological polar surface area (TPSA) is 88.5 Å². The molecule has 1 atom stereocenters. The van der Waals surface area contributed by atoms with Gasteiger partial charge in [0.05, 0.1) is 19.0 Å². The number of amides is 3. The number of nitrogens with zero attached hydrogens (tertiary/aromatic N) is 3. The molecule has 2 aromatic carbocycles. The summed E-state index contributed by atoms with van der Waals surface area (Å²) < 4.78 is 7.59. The van der Waals surface area contributed by atoms with E-state index in [1.807, 2.05) is 60.8 Å². The molecular weight excluding hydrogens is 394 g/mol. The van der Waals surface area contributed by atoms with Crippen molar-refractivity contribution in [1.82, 2.24) is 20.0 Å².